The van der Waals surface area contributed by atoms with E-state index in [1.54, 1.807) is 5.57 Å². The number of allylic oxidation sites excluding steroid dienone is 1. The van der Waals surface area contributed by atoms with Crippen molar-refractivity contribution < 1.29 is 28.2 Å². The van der Waals surface area contributed by atoms with Gasteiger partial charge in [-0.2, -0.15) is 5.10 Å². The Hall–Kier alpha value is -2.20. The van der Waals surface area contributed by atoms with Crippen LogP contribution in [-0.4, -0.2) is 58.4 Å². The van der Waals surface area contributed by atoms with E-state index in [4.69, 9.17) is 19.8 Å². The molecule has 1 aliphatic carbocycles. The molecule has 0 spiro atoms. The molecule has 1 unspecified atom stereocenters. The second-order valence-corrected chi connectivity index (χ2v) is 10.0. The third-order valence-corrected chi connectivity index (χ3v) is 7.27. The number of carbonyl (C=O) groups is 2. The first-order valence-electron chi connectivity index (χ1n) is 10.2. The van der Waals surface area contributed by atoms with Crippen LogP contribution in [0.1, 0.15) is 61.5 Å². The topological polar surface area (TPSA) is 139 Å². The summed E-state index contributed by atoms with van der Waals surface area (Å²) in [6.45, 7) is 5.89. The molecule has 2 heterocycles. The Morgan fingerprint density at radius 1 is 1.23 bits per heavy atom. The minimum Gasteiger partial charge on any atom is -0.473 e. The summed E-state index contributed by atoms with van der Waals surface area (Å²) in [4.78, 5) is 18.2. The maximum atomic E-state index is 11.7. The van der Waals surface area contributed by atoms with E-state index < -0.39 is 21.8 Å². The number of rotatable bonds is 6. The van der Waals surface area contributed by atoms with Crippen LogP contribution in [0.15, 0.2) is 11.6 Å². The first kappa shape index (κ1) is 24.1. The second kappa shape index (κ2) is 10.7. The average Bonchev–Trinajstić information content (AvgIpc) is 3.19. The molecule has 2 aliphatic rings. The number of aliphatic carboxylic acids is 2. The Morgan fingerprint density at radius 2 is 1.93 bits per heavy atom. The maximum absolute atomic E-state index is 11.7. The molecule has 9 nitrogen and oxygen atoms in total. The summed E-state index contributed by atoms with van der Waals surface area (Å²) < 4.78 is 25.4. The highest BCUT2D eigenvalue weighted by Crippen LogP contribution is 2.26. The highest BCUT2D eigenvalue weighted by atomic mass is 32.2. The predicted molar refractivity (Wildman–Crippen MR) is 112 cm³/mol. The van der Waals surface area contributed by atoms with Crippen molar-refractivity contribution in [3.05, 3.63) is 28.6 Å². The van der Waals surface area contributed by atoms with Gasteiger partial charge in [0, 0.05) is 17.8 Å². The van der Waals surface area contributed by atoms with Crippen molar-refractivity contribution in [1.29, 1.82) is 0 Å². The minimum atomic E-state index is -2.88. The van der Waals surface area contributed by atoms with Crippen LogP contribution >= 0.6 is 0 Å². The van der Waals surface area contributed by atoms with Crippen molar-refractivity contribution >= 4 is 21.8 Å². The SMILES string of the molecule is Cc1nn(C2CCS(=O)(=O)C2)c(C)c1CNCCC1=CCCCC1.O=C(O)C(=O)O. The Labute approximate surface area is 177 Å². The van der Waals surface area contributed by atoms with Crippen molar-refractivity contribution in [2.45, 2.75) is 65.0 Å². The zero-order chi connectivity index (χ0) is 22.3. The first-order chi connectivity index (χ1) is 14.1. The number of carboxylic acid groups (broad SMARTS) is 2. The molecular weight excluding hydrogens is 410 g/mol. The van der Waals surface area contributed by atoms with Gasteiger partial charge < -0.3 is 15.5 Å². The molecule has 10 heteroatoms. The predicted octanol–water partition coefficient (Wildman–Crippen LogP) is 2.00. The molecule has 1 aromatic heterocycles. The minimum absolute atomic E-state index is 0.00912. The lowest BCUT2D eigenvalue weighted by Gasteiger charge is -2.13. The summed E-state index contributed by atoms with van der Waals surface area (Å²) in [6.07, 6.45) is 9.39. The molecule has 168 valence electrons. The summed E-state index contributed by atoms with van der Waals surface area (Å²) in [5, 5.41) is 22.9. The molecule has 30 heavy (non-hydrogen) atoms. The number of carboxylic acids is 2. The Bertz CT molecular complexity index is 892. The molecule has 1 aliphatic heterocycles. The second-order valence-electron chi connectivity index (χ2n) is 7.80. The molecule has 1 fully saturated rings. The van der Waals surface area contributed by atoms with E-state index in [0.717, 1.165) is 30.9 Å². The van der Waals surface area contributed by atoms with Gasteiger partial charge in [-0.15, -0.1) is 0 Å². The van der Waals surface area contributed by atoms with Crippen molar-refractivity contribution in [2.24, 2.45) is 0 Å². The standard InChI is InChI=1S/C18H29N3O2S.C2H2O4/c1-14-18(12-19-10-8-16-6-4-3-5-7-16)15(2)21(20-14)17-9-11-24(22,23)13-17;3-1(4)2(5)6/h6,17,19H,3-5,7-13H2,1-2H3;(H,3,4)(H,5,6). The summed E-state index contributed by atoms with van der Waals surface area (Å²) in [5.41, 5.74) is 4.94. The van der Waals surface area contributed by atoms with Gasteiger partial charge in [-0.25, -0.2) is 18.0 Å². The Kier molecular flexibility index (Phi) is 8.60. The lowest BCUT2D eigenvalue weighted by molar-refractivity contribution is -0.159. The fraction of sp³-hybridized carbons (Fsp3) is 0.650. The third-order valence-electron chi connectivity index (χ3n) is 5.52. The van der Waals surface area contributed by atoms with Gasteiger partial charge in [-0.1, -0.05) is 11.6 Å². The van der Waals surface area contributed by atoms with E-state index in [2.05, 4.69) is 23.4 Å². The molecular formula is C20H31N3O6S. The fourth-order valence-corrected chi connectivity index (χ4v) is 5.56. The number of sulfone groups is 1. The van der Waals surface area contributed by atoms with Gasteiger partial charge in [-0.05, 0) is 58.9 Å². The Balaban J connectivity index is 0.000000469. The van der Waals surface area contributed by atoms with Crippen LogP contribution in [0.5, 0.6) is 0 Å². The van der Waals surface area contributed by atoms with E-state index in [1.165, 1.54) is 31.2 Å². The molecule has 0 saturated carbocycles. The van der Waals surface area contributed by atoms with Gasteiger partial charge in [-0.3, -0.25) is 4.68 Å². The monoisotopic (exact) mass is 441 g/mol. The first-order valence-corrected chi connectivity index (χ1v) is 12.0. The quantitative estimate of drug-likeness (QED) is 0.346. The number of hydrogen-bond acceptors (Lipinski definition) is 6. The molecule has 1 saturated heterocycles. The molecule has 0 bridgehead atoms. The smallest absolute Gasteiger partial charge is 0.414 e. The molecule has 1 atom stereocenters. The average molecular weight is 442 g/mol. The number of aryl methyl sites for hydroxylation is 1. The normalized spacial score (nSPS) is 20.2. The molecule has 0 aromatic carbocycles. The van der Waals surface area contributed by atoms with Crippen LogP contribution in [0, 0.1) is 13.8 Å². The van der Waals surface area contributed by atoms with Crippen molar-refractivity contribution in [1.82, 2.24) is 15.1 Å². The summed E-state index contributed by atoms with van der Waals surface area (Å²) in [5.74, 6) is -3.13. The Morgan fingerprint density at radius 3 is 2.47 bits per heavy atom. The van der Waals surface area contributed by atoms with Crippen molar-refractivity contribution in [2.75, 3.05) is 18.1 Å². The number of hydrogen-bond donors (Lipinski definition) is 3. The molecule has 1 aromatic rings. The fourth-order valence-electron chi connectivity index (χ4n) is 3.87. The highest BCUT2D eigenvalue weighted by molar-refractivity contribution is 7.91. The number of aromatic nitrogens is 2. The molecule has 0 amide bonds. The van der Waals surface area contributed by atoms with Crippen LogP contribution < -0.4 is 5.32 Å². The van der Waals surface area contributed by atoms with E-state index in [9.17, 15) is 8.42 Å². The lowest BCUT2D eigenvalue weighted by Crippen LogP contribution is -2.17. The summed E-state index contributed by atoms with van der Waals surface area (Å²) in [6, 6.07) is 0.00912. The summed E-state index contributed by atoms with van der Waals surface area (Å²) >= 11 is 0. The van der Waals surface area contributed by atoms with Crippen molar-refractivity contribution in [3.8, 4) is 0 Å². The largest absolute Gasteiger partial charge is 0.473 e. The van der Waals surface area contributed by atoms with Crippen LogP contribution in [0.2, 0.25) is 0 Å². The van der Waals surface area contributed by atoms with E-state index in [-0.39, 0.29) is 11.8 Å². The van der Waals surface area contributed by atoms with E-state index in [0.29, 0.717) is 12.2 Å². The van der Waals surface area contributed by atoms with Gasteiger partial charge >= 0.3 is 11.9 Å². The van der Waals surface area contributed by atoms with Crippen LogP contribution in [-0.2, 0) is 26.0 Å². The van der Waals surface area contributed by atoms with Crippen molar-refractivity contribution in [3.63, 3.8) is 0 Å². The van der Waals surface area contributed by atoms with Gasteiger partial charge in [0.1, 0.15) is 0 Å². The third kappa shape index (κ3) is 6.94. The van der Waals surface area contributed by atoms with Crippen LogP contribution in [0.4, 0.5) is 0 Å². The van der Waals surface area contributed by atoms with Crippen LogP contribution in [0.3, 0.4) is 0 Å². The number of nitrogens with zero attached hydrogens (tertiary/aromatic N) is 2. The lowest BCUT2D eigenvalue weighted by atomic mass is 9.97. The zero-order valence-electron chi connectivity index (χ0n) is 17.6. The molecule has 0 radical (unpaired) electrons. The number of nitrogens with one attached hydrogen (secondary N) is 1. The van der Waals surface area contributed by atoms with Gasteiger partial charge in [0.2, 0.25) is 0 Å². The maximum Gasteiger partial charge on any atom is 0.414 e. The van der Waals surface area contributed by atoms with Gasteiger partial charge in [0.15, 0.2) is 9.84 Å². The van der Waals surface area contributed by atoms with Crippen LogP contribution in [0.25, 0.3) is 0 Å². The molecule has 3 rings (SSSR count). The van der Waals surface area contributed by atoms with Gasteiger partial charge in [0.05, 0.1) is 23.2 Å². The highest BCUT2D eigenvalue weighted by Gasteiger charge is 2.31. The zero-order valence-corrected chi connectivity index (χ0v) is 18.4. The van der Waals surface area contributed by atoms with E-state index >= 15 is 0 Å². The van der Waals surface area contributed by atoms with E-state index in [1.807, 2.05) is 11.6 Å². The van der Waals surface area contributed by atoms with Gasteiger partial charge in [0.25, 0.3) is 0 Å². The molecule has 3 N–H and O–H groups in total. The summed E-state index contributed by atoms with van der Waals surface area (Å²) in [7, 11) is -2.88.